The quantitative estimate of drug-likeness (QED) is 0.688. The monoisotopic (exact) mass is 345 g/mol. The number of benzene rings is 1. The van der Waals surface area contributed by atoms with Crippen LogP contribution < -0.4 is 4.74 Å². The maximum absolute atomic E-state index is 14.3. The van der Waals surface area contributed by atoms with Gasteiger partial charge in [-0.3, -0.25) is 9.19 Å². The van der Waals surface area contributed by atoms with Gasteiger partial charge in [-0.15, -0.1) is 4.79 Å². The summed E-state index contributed by atoms with van der Waals surface area (Å²) in [6.45, 7) is 0.701. The zero-order chi connectivity index (χ0) is 16.5. The molecule has 124 valence electrons. The van der Waals surface area contributed by atoms with Gasteiger partial charge in [-0.1, -0.05) is 16.6 Å². The predicted octanol–water partition coefficient (Wildman–Crippen LogP) is 3.26. The molecule has 2 heterocycles. The molecule has 0 radical (unpaired) electrons. The van der Waals surface area contributed by atoms with Crippen LogP contribution >= 0.6 is 0 Å². The van der Waals surface area contributed by atoms with Crippen LogP contribution in [0.15, 0.2) is 47.8 Å². The van der Waals surface area contributed by atoms with E-state index in [1.165, 1.54) is 12.8 Å². The molecule has 2 aromatic heterocycles. The first-order valence-corrected chi connectivity index (χ1v) is 9.12. The first-order valence-electron chi connectivity index (χ1n) is 7.80. The Morgan fingerprint density at radius 1 is 1.29 bits per heavy atom. The van der Waals surface area contributed by atoms with Gasteiger partial charge in [-0.25, -0.2) is 4.98 Å². The van der Waals surface area contributed by atoms with Crippen LogP contribution in [-0.2, 0) is 16.6 Å². The summed E-state index contributed by atoms with van der Waals surface area (Å²) >= 11 is 0. The molecule has 0 aliphatic heterocycles. The third-order valence-electron chi connectivity index (χ3n) is 3.93. The van der Waals surface area contributed by atoms with E-state index in [9.17, 15) is 8.69 Å². The van der Waals surface area contributed by atoms with Crippen molar-refractivity contribution >= 4 is 21.8 Å². The average molecular weight is 345 g/mol. The van der Waals surface area contributed by atoms with Crippen LogP contribution in [0.25, 0.3) is 11.0 Å². The minimum atomic E-state index is -1.63. The second-order valence-electron chi connectivity index (χ2n) is 5.89. The molecular weight excluding hydrogens is 329 g/mol. The summed E-state index contributed by atoms with van der Waals surface area (Å²) in [5.74, 6) is 1.45. The van der Waals surface area contributed by atoms with Gasteiger partial charge in [0.15, 0.2) is 0 Å². The number of nitrogens with zero attached hydrogens (tertiary/aromatic N) is 3. The van der Waals surface area contributed by atoms with Crippen molar-refractivity contribution < 1.29 is 13.4 Å². The van der Waals surface area contributed by atoms with Crippen LogP contribution in [0.4, 0.5) is 4.48 Å². The molecule has 0 amide bonds. The van der Waals surface area contributed by atoms with E-state index in [4.69, 9.17) is 4.74 Å². The summed E-state index contributed by atoms with van der Waals surface area (Å²) < 4.78 is 32.5. The Balaban J connectivity index is 1.52. The fourth-order valence-corrected chi connectivity index (χ4v) is 3.47. The van der Waals surface area contributed by atoms with Gasteiger partial charge in [0, 0.05) is 12.3 Å². The molecule has 0 N–H and O–H groups in total. The number of fused-ring (bicyclic) bond motifs is 1. The van der Waals surface area contributed by atoms with Gasteiger partial charge in [0.05, 0.1) is 34.4 Å². The number of hydrogen-bond donors (Lipinski definition) is 0. The van der Waals surface area contributed by atoms with Gasteiger partial charge in [-0.05, 0) is 37.0 Å². The van der Waals surface area contributed by atoms with Crippen molar-refractivity contribution in [3.05, 3.63) is 48.3 Å². The lowest BCUT2D eigenvalue weighted by Gasteiger charge is -2.06. The number of pyridine rings is 1. The summed E-state index contributed by atoms with van der Waals surface area (Å²) in [5.41, 5.74) is 1.39. The van der Waals surface area contributed by atoms with Crippen molar-refractivity contribution in [3.63, 3.8) is 0 Å². The summed E-state index contributed by atoms with van der Waals surface area (Å²) in [6, 6.07) is 10.3. The third kappa shape index (κ3) is 3.17. The molecule has 1 atom stereocenters. The standard InChI is InChI=1S/C17H16FN3O2S/c18-21-16-4-2-1-3-15(16)20-17(21)24(22)11-13-9-14(7-8-19-13)23-10-12-5-6-12/h1-4,7-9,12H,5-6,10-11H2. The minimum Gasteiger partial charge on any atom is -0.493 e. The number of ether oxygens (including phenoxy) is 1. The van der Waals surface area contributed by atoms with Gasteiger partial charge in [0.25, 0.3) is 0 Å². The van der Waals surface area contributed by atoms with Crippen LogP contribution in [0.3, 0.4) is 0 Å². The van der Waals surface area contributed by atoms with Crippen molar-refractivity contribution in [3.8, 4) is 5.75 Å². The van der Waals surface area contributed by atoms with Gasteiger partial charge < -0.3 is 4.74 Å². The van der Waals surface area contributed by atoms with Crippen LogP contribution in [0.2, 0.25) is 0 Å². The molecule has 24 heavy (non-hydrogen) atoms. The molecular formula is C17H16FN3O2S. The van der Waals surface area contributed by atoms with Gasteiger partial charge >= 0.3 is 0 Å². The second-order valence-corrected chi connectivity index (χ2v) is 7.24. The summed E-state index contributed by atoms with van der Waals surface area (Å²) in [4.78, 5) is 8.71. The van der Waals surface area contributed by atoms with Gasteiger partial charge in [0.2, 0.25) is 5.16 Å². The van der Waals surface area contributed by atoms with E-state index in [0.29, 0.717) is 39.8 Å². The van der Waals surface area contributed by atoms with Crippen molar-refractivity contribution in [1.82, 2.24) is 14.8 Å². The largest absolute Gasteiger partial charge is 0.493 e. The number of imidazole rings is 1. The topological polar surface area (TPSA) is 57.0 Å². The first-order chi connectivity index (χ1) is 11.7. The molecule has 4 rings (SSSR count). The first kappa shape index (κ1) is 15.3. The summed E-state index contributed by atoms with van der Waals surface area (Å²) in [7, 11) is -1.63. The van der Waals surface area contributed by atoms with Crippen LogP contribution in [-0.4, -0.2) is 25.6 Å². The van der Waals surface area contributed by atoms with Crippen LogP contribution in [0.1, 0.15) is 18.5 Å². The second kappa shape index (κ2) is 6.32. The molecule has 7 heteroatoms. The van der Waals surface area contributed by atoms with Gasteiger partial charge in [0.1, 0.15) is 11.3 Å². The zero-order valence-electron chi connectivity index (χ0n) is 12.9. The van der Waals surface area contributed by atoms with E-state index in [0.717, 1.165) is 0 Å². The van der Waals surface area contributed by atoms with Crippen LogP contribution in [0.5, 0.6) is 5.75 Å². The smallest absolute Gasteiger partial charge is 0.229 e. The highest BCUT2D eigenvalue weighted by atomic mass is 32.2. The van der Waals surface area contributed by atoms with Crippen molar-refractivity contribution in [2.75, 3.05) is 6.61 Å². The van der Waals surface area contributed by atoms with E-state index in [2.05, 4.69) is 9.97 Å². The molecule has 1 saturated carbocycles. The minimum absolute atomic E-state index is 0.0911. The Kier molecular flexibility index (Phi) is 4.02. The highest BCUT2D eigenvalue weighted by Gasteiger charge is 2.22. The van der Waals surface area contributed by atoms with E-state index >= 15 is 0 Å². The maximum atomic E-state index is 14.3. The molecule has 1 aliphatic carbocycles. The Hall–Kier alpha value is -2.28. The predicted molar refractivity (Wildman–Crippen MR) is 88.8 cm³/mol. The van der Waals surface area contributed by atoms with E-state index < -0.39 is 10.8 Å². The number of hydrogen-bond acceptors (Lipinski definition) is 4. The van der Waals surface area contributed by atoms with Crippen molar-refractivity contribution in [2.24, 2.45) is 5.92 Å². The Bertz CT molecular complexity index is 908. The highest BCUT2D eigenvalue weighted by Crippen LogP contribution is 2.29. The van der Waals surface area contributed by atoms with Crippen molar-refractivity contribution in [1.29, 1.82) is 0 Å². The third-order valence-corrected chi connectivity index (χ3v) is 5.15. The molecule has 1 aromatic carbocycles. The van der Waals surface area contributed by atoms with E-state index in [-0.39, 0.29) is 10.9 Å². The molecule has 0 saturated heterocycles. The lowest BCUT2D eigenvalue weighted by atomic mass is 10.3. The molecule has 1 aliphatic rings. The number of halogens is 1. The highest BCUT2D eigenvalue weighted by molar-refractivity contribution is 7.84. The SMILES string of the molecule is O=S(Cc1cc(OCC2CC2)ccn1)c1nc2ccccc2n1F. The number of aromatic nitrogens is 3. The number of para-hydroxylation sites is 2. The summed E-state index contributed by atoms with van der Waals surface area (Å²) in [5, 5.41) is -0.0951. The fraction of sp³-hybridized carbons (Fsp3) is 0.294. The Morgan fingerprint density at radius 2 is 2.12 bits per heavy atom. The average Bonchev–Trinajstić information content (AvgIpc) is 3.37. The van der Waals surface area contributed by atoms with E-state index in [1.807, 2.05) is 0 Å². The molecule has 1 fully saturated rings. The van der Waals surface area contributed by atoms with Crippen LogP contribution in [0, 0.1) is 5.92 Å². The maximum Gasteiger partial charge on any atom is 0.229 e. The fourth-order valence-electron chi connectivity index (χ4n) is 2.44. The normalized spacial score (nSPS) is 15.5. The molecule has 5 nitrogen and oxygen atoms in total. The lowest BCUT2D eigenvalue weighted by molar-refractivity contribution is 0.299. The molecule has 0 bridgehead atoms. The number of rotatable bonds is 6. The Morgan fingerprint density at radius 3 is 2.92 bits per heavy atom. The Labute approximate surface area is 140 Å². The molecule has 3 aromatic rings. The van der Waals surface area contributed by atoms with Crippen molar-refractivity contribution in [2.45, 2.75) is 23.8 Å². The zero-order valence-corrected chi connectivity index (χ0v) is 13.7. The molecule has 1 unspecified atom stereocenters. The van der Waals surface area contributed by atoms with E-state index in [1.54, 1.807) is 42.6 Å². The molecule has 0 spiro atoms. The van der Waals surface area contributed by atoms with Gasteiger partial charge in [-0.2, -0.15) is 0 Å². The lowest BCUT2D eigenvalue weighted by Crippen LogP contribution is -2.04. The summed E-state index contributed by atoms with van der Waals surface area (Å²) in [6.07, 6.45) is 4.05.